The van der Waals surface area contributed by atoms with Gasteiger partial charge in [-0.3, -0.25) is 10.2 Å². The Morgan fingerprint density at radius 1 is 1.06 bits per heavy atom. The smallest absolute Gasteiger partial charge is 0.266 e. The largest absolute Gasteiger partial charge is 0.496 e. The summed E-state index contributed by atoms with van der Waals surface area (Å²) in [6, 6.07) is 29.6. The molecule has 5 rings (SSSR count). The summed E-state index contributed by atoms with van der Waals surface area (Å²) in [7, 11) is 1.63. The molecule has 0 radical (unpaired) electrons. The zero-order valence-corrected chi connectivity index (χ0v) is 27.4. The number of nitrogens with zero attached hydrogens (tertiary/aromatic N) is 4. The number of hydrazine groups is 1. The minimum atomic E-state index is -1.50. The zero-order valence-electron chi connectivity index (χ0n) is 25.8. The number of hydrogen-bond acceptors (Lipinski definition) is 8. The van der Waals surface area contributed by atoms with Gasteiger partial charge in [0.2, 0.25) is 5.90 Å². The van der Waals surface area contributed by atoms with Crippen LogP contribution in [0.3, 0.4) is 0 Å². The van der Waals surface area contributed by atoms with Crippen LogP contribution >= 0.6 is 15.9 Å². The lowest BCUT2D eigenvalue weighted by Gasteiger charge is -2.31. The number of halogens is 1. The highest BCUT2D eigenvalue weighted by molar-refractivity contribution is 9.10. The van der Waals surface area contributed by atoms with Crippen LogP contribution in [-0.2, 0) is 22.4 Å². The van der Waals surface area contributed by atoms with Crippen molar-refractivity contribution in [3.63, 3.8) is 0 Å². The molecule has 1 amide bonds. The van der Waals surface area contributed by atoms with Gasteiger partial charge >= 0.3 is 0 Å². The number of amides is 1. The maximum Gasteiger partial charge on any atom is 0.266 e. The van der Waals surface area contributed by atoms with Crippen molar-refractivity contribution in [3.05, 3.63) is 134 Å². The van der Waals surface area contributed by atoms with Crippen LogP contribution in [0, 0.1) is 0 Å². The maximum absolute atomic E-state index is 14.5. The van der Waals surface area contributed by atoms with Gasteiger partial charge in [-0.2, -0.15) is 0 Å². The second-order valence-electron chi connectivity index (χ2n) is 10.8. The summed E-state index contributed by atoms with van der Waals surface area (Å²) in [5.41, 5.74) is 17.2. The van der Waals surface area contributed by atoms with E-state index in [2.05, 4.69) is 36.8 Å². The third kappa shape index (κ3) is 8.11. The molecule has 0 saturated heterocycles. The van der Waals surface area contributed by atoms with E-state index in [1.807, 2.05) is 60.7 Å². The monoisotopic (exact) mass is 698 g/mol. The second-order valence-corrected chi connectivity index (χ2v) is 11.7. The molecule has 0 saturated carbocycles. The Hall–Kier alpha value is -4.87. The predicted octanol–water partition coefficient (Wildman–Crippen LogP) is 6.52. The molecule has 4 aromatic rings. The number of nitrogens with one attached hydrogen (secondary N) is 2. The average Bonchev–Trinajstić information content (AvgIpc) is 3.48. The van der Waals surface area contributed by atoms with E-state index in [0.717, 1.165) is 21.3 Å². The fourth-order valence-electron chi connectivity index (χ4n) is 5.38. The molecule has 242 valence electrons. The number of methoxy groups -OCH3 is 1. The molecular formula is C35H35BrN6O5. The van der Waals surface area contributed by atoms with Crippen LogP contribution < -0.4 is 20.3 Å². The lowest BCUT2D eigenvalue weighted by atomic mass is 9.81. The number of ether oxygens (including phenoxy) is 3. The lowest BCUT2D eigenvalue weighted by molar-refractivity contribution is -0.130. The van der Waals surface area contributed by atoms with Crippen molar-refractivity contribution >= 4 is 33.4 Å². The number of aliphatic hydroxyl groups is 1. The number of hydrogen-bond donors (Lipinski definition) is 3. The van der Waals surface area contributed by atoms with Crippen molar-refractivity contribution < 1.29 is 24.1 Å². The molecular weight excluding hydrogens is 664 g/mol. The van der Waals surface area contributed by atoms with E-state index in [-0.39, 0.29) is 18.9 Å². The first-order chi connectivity index (χ1) is 23.0. The number of aliphatic imine (C=N–C) groups is 1. The summed E-state index contributed by atoms with van der Waals surface area (Å²) in [6.45, 7) is 0.848. The molecule has 3 N–H and O–H groups in total. The van der Waals surface area contributed by atoms with E-state index in [1.165, 1.54) is 0 Å². The van der Waals surface area contributed by atoms with Crippen LogP contribution in [0.4, 0.5) is 5.69 Å². The van der Waals surface area contributed by atoms with E-state index in [4.69, 9.17) is 24.3 Å². The summed E-state index contributed by atoms with van der Waals surface area (Å²) in [5.74, 6) is 1.24. The Morgan fingerprint density at radius 2 is 1.81 bits per heavy atom. The molecule has 0 fully saturated rings. The molecule has 12 heteroatoms. The molecule has 0 aromatic heterocycles. The van der Waals surface area contributed by atoms with Crippen LogP contribution in [0.25, 0.3) is 10.4 Å². The Morgan fingerprint density at radius 3 is 2.55 bits per heavy atom. The molecule has 0 bridgehead atoms. The highest BCUT2D eigenvalue weighted by Crippen LogP contribution is 2.45. The number of carbonyl (C=O) groups is 1. The van der Waals surface area contributed by atoms with Crippen molar-refractivity contribution in [1.29, 1.82) is 0 Å². The summed E-state index contributed by atoms with van der Waals surface area (Å²) >= 11 is 3.49. The standard InChI is InChI=1S/C35H35BrN6O5/c1-45-31-10-5-2-7-25(31)19-20-38-41-34(44)35(23-24-11-15-27(36)16-12-24)32(29-8-3-4-9-30(29)40-42-37)47-33(39-35)26-13-17-28(18-14-26)46-22-6-21-43/h2-5,7-18,32,38,43H,6,19-23H2,1H3,(H,41,44)/t32-,35-/m0/s1. The summed E-state index contributed by atoms with van der Waals surface area (Å²) in [6.07, 6.45) is 0.357. The van der Waals surface area contributed by atoms with Gasteiger partial charge in [0.1, 0.15) is 11.5 Å². The number of azide groups is 1. The van der Waals surface area contributed by atoms with Crippen LogP contribution in [0.2, 0.25) is 0 Å². The Labute approximate surface area is 281 Å². The highest BCUT2D eigenvalue weighted by atomic mass is 79.9. The predicted molar refractivity (Wildman–Crippen MR) is 183 cm³/mol. The van der Waals surface area contributed by atoms with Gasteiger partial charge in [-0.1, -0.05) is 75.6 Å². The van der Waals surface area contributed by atoms with Crippen LogP contribution in [-0.4, -0.2) is 49.3 Å². The van der Waals surface area contributed by atoms with Crippen molar-refractivity contribution in [2.24, 2.45) is 10.1 Å². The molecule has 0 spiro atoms. The number of aliphatic hydroxyl groups excluding tert-OH is 1. The third-order valence-electron chi connectivity index (χ3n) is 7.70. The number of carbonyl (C=O) groups excluding carboxylic acids is 1. The van der Waals surface area contributed by atoms with Crippen LogP contribution in [0.1, 0.15) is 34.8 Å². The van der Waals surface area contributed by atoms with Gasteiger partial charge in [0, 0.05) is 52.2 Å². The van der Waals surface area contributed by atoms with E-state index in [0.29, 0.717) is 48.6 Å². The normalized spacial score (nSPS) is 16.8. The maximum atomic E-state index is 14.5. The van der Waals surface area contributed by atoms with Gasteiger partial charge in [0.25, 0.3) is 5.91 Å². The van der Waals surface area contributed by atoms with Gasteiger partial charge in [0.05, 0.1) is 13.7 Å². The van der Waals surface area contributed by atoms with Crippen LogP contribution in [0.15, 0.2) is 112 Å². The third-order valence-corrected chi connectivity index (χ3v) is 8.23. The Kier molecular flexibility index (Phi) is 11.5. The van der Waals surface area contributed by atoms with E-state index in [1.54, 1.807) is 43.5 Å². The molecule has 4 aromatic carbocycles. The van der Waals surface area contributed by atoms with Crippen molar-refractivity contribution in [1.82, 2.24) is 10.9 Å². The first-order valence-electron chi connectivity index (χ1n) is 15.1. The minimum absolute atomic E-state index is 0.0409. The zero-order chi connectivity index (χ0) is 33.1. The van der Waals surface area contributed by atoms with Crippen molar-refractivity contribution in [2.45, 2.75) is 30.9 Å². The number of para-hydroxylation sites is 1. The first-order valence-corrected chi connectivity index (χ1v) is 15.9. The molecule has 1 aliphatic rings. The second kappa shape index (κ2) is 16.1. The Balaban J connectivity index is 1.52. The fraction of sp³-hybridized carbons (Fsp3) is 0.257. The molecule has 1 aliphatic heterocycles. The summed E-state index contributed by atoms with van der Waals surface area (Å²) < 4.78 is 18.6. The van der Waals surface area contributed by atoms with Gasteiger partial charge in [-0.05, 0) is 65.5 Å². The topological polar surface area (TPSA) is 150 Å². The summed E-state index contributed by atoms with van der Waals surface area (Å²) in [4.78, 5) is 22.5. The molecule has 11 nitrogen and oxygen atoms in total. The van der Waals surface area contributed by atoms with Crippen molar-refractivity contribution in [2.75, 3.05) is 26.9 Å². The van der Waals surface area contributed by atoms with Crippen molar-refractivity contribution in [3.8, 4) is 11.5 Å². The van der Waals surface area contributed by atoms with E-state index < -0.39 is 17.6 Å². The van der Waals surface area contributed by atoms with Gasteiger partial charge in [0.15, 0.2) is 11.6 Å². The van der Waals surface area contributed by atoms with E-state index in [9.17, 15) is 10.3 Å². The average molecular weight is 700 g/mol. The quantitative estimate of drug-likeness (QED) is 0.0423. The van der Waals surface area contributed by atoms with Gasteiger partial charge in [-0.15, -0.1) is 0 Å². The lowest BCUT2D eigenvalue weighted by Crippen LogP contribution is -2.54. The number of benzene rings is 4. The first kappa shape index (κ1) is 33.5. The highest BCUT2D eigenvalue weighted by Gasteiger charge is 2.54. The van der Waals surface area contributed by atoms with Gasteiger partial charge < -0.3 is 19.3 Å². The van der Waals surface area contributed by atoms with E-state index >= 15 is 0 Å². The molecule has 1 heterocycles. The summed E-state index contributed by atoms with van der Waals surface area (Å²) in [5, 5.41) is 13.0. The Bertz CT molecular complexity index is 1740. The molecule has 2 atom stereocenters. The molecule has 0 aliphatic carbocycles. The molecule has 0 unspecified atom stereocenters. The van der Waals surface area contributed by atoms with Gasteiger partial charge in [-0.25, -0.2) is 10.4 Å². The van der Waals surface area contributed by atoms with Crippen LogP contribution in [0.5, 0.6) is 11.5 Å². The molecule has 47 heavy (non-hydrogen) atoms. The SMILES string of the molecule is COc1ccccc1CCNNC(=O)[C@@]1(Cc2ccc(Br)cc2)N=C(c2ccc(OCCCO)cc2)O[C@H]1c1ccccc1N=[N+]=[N-]. The fourth-order valence-corrected chi connectivity index (χ4v) is 5.64. The minimum Gasteiger partial charge on any atom is -0.496 e. The number of rotatable bonds is 15.